The highest BCUT2D eigenvalue weighted by molar-refractivity contribution is 6.30. The molecule has 1 heterocycles. The predicted octanol–water partition coefficient (Wildman–Crippen LogP) is 4.47. The molecule has 2 aromatic rings. The zero-order valence-electron chi connectivity index (χ0n) is 17.1. The Labute approximate surface area is 181 Å². The van der Waals surface area contributed by atoms with Gasteiger partial charge < -0.3 is 10.6 Å². The second kappa shape index (κ2) is 10.5. The summed E-state index contributed by atoms with van der Waals surface area (Å²) >= 11 is 5.81. The van der Waals surface area contributed by atoms with E-state index >= 15 is 0 Å². The highest BCUT2D eigenvalue weighted by atomic mass is 35.5. The van der Waals surface area contributed by atoms with Gasteiger partial charge in [0, 0.05) is 29.6 Å². The molecule has 0 aliphatic carbocycles. The van der Waals surface area contributed by atoms with Crippen molar-refractivity contribution in [2.75, 3.05) is 25.0 Å². The fourth-order valence-corrected chi connectivity index (χ4v) is 3.76. The summed E-state index contributed by atoms with van der Waals surface area (Å²) in [6, 6.07) is 11.8. The molecule has 0 radical (unpaired) electrons. The number of amides is 2. The van der Waals surface area contributed by atoms with Gasteiger partial charge in [0.2, 0.25) is 5.91 Å². The molecule has 5 nitrogen and oxygen atoms in total. The molecule has 160 valence electrons. The van der Waals surface area contributed by atoms with Crippen molar-refractivity contribution in [2.24, 2.45) is 5.92 Å². The van der Waals surface area contributed by atoms with Crippen LogP contribution in [0.5, 0.6) is 0 Å². The number of nitrogens with zero attached hydrogens (tertiary/aromatic N) is 1. The Kier molecular flexibility index (Phi) is 7.82. The summed E-state index contributed by atoms with van der Waals surface area (Å²) in [5, 5.41) is 6.15. The molecule has 2 amide bonds. The average molecular weight is 432 g/mol. The normalized spacial score (nSPS) is 15.0. The number of carbonyl (C=O) groups excluding carboxylic acids is 2. The van der Waals surface area contributed by atoms with Gasteiger partial charge in [-0.05, 0) is 56.6 Å². The fraction of sp³-hybridized carbons (Fsp3) is 0.391. The van der Waals surface area contributed by atoms with Crippen LogP contribution in [0.1, 0.15) is 42.1 Å². The van der Waals surface area contributed by atoms with Crippen molar-refractivity contribution in [3.8, 4) is 0 Å². The maximum atomic E-state index is 14.0. The largest absolute Gasteiger partial charge is 0.352 e. The van der Waals surface area contributed by atoms with E-state index in [-0.39, 0.29) is 23.5 Å². The summed E-state index contributed by atoms with van der Waals surface area (Å²) in [7, 11) is 0. The topological polar surface area (TPSA) is 61.4 Å². The van der Waals surface area contributed by atoms with Gasteiger partial charge in [-0.15, -0.1) is 0 Å². The predicted molar refractivity (Wildman–Crippen MR) is 117 cm³/mol. The first-order valence-corrected chi connectivity index (χ1v) is 10.7. The van der Waals surface area contributed by atoms with Crippen molar-refractivity contribution in [1.29, 1.82) is 0 Å². The van der Waals surface area contributed by atoms with E-state index in [1.807, 2.05) is 6.92 Å². The number of hydrogen-bond acceptors (Lipinski definition) is 3. The molecule has 1 aliphatic heterocycles. The first-order chi connectivity index (χ1) is 14.5. The molecule has 0 aromatic heterocycles. The van der Waals surface area contributed by atoms with Crippen LogP contribution in [0, 0.1) is 11.7 Å². The molecular formula is C23H27ClFN3O2. The Morgan fingerprint density at radius 2 is 1.90 bits per heavy atom. The van der Waals surface area contributed by atoms with Crippen molar-refractivity contribution in [3.05, 3.63) is 64.4 Å². The molecule has 1 saturated heterocycles. The van der Waals surface area contributed by atoms with Crippen LogP contribution in [0.15, 0.2) is 42.5 Å². The molecule has 7 heteroatoms. The number of anilines is 1. The maximum absolute atomic E-state index is 14.0. The Hall–Kier alpha value is -2.44. The lowest BCUT2D eigenvalue weighted by atomic mass is 9.95. The molecule has 0 spiro atoms. The molecular weight excluding hydrogens is 405 g/mol. The number of nitrogens with one attached hydrogen (secondary N) is 2. The summed E-state index contributed by atoms with van der Waals surface area (Å²) in [6.45, 7) is 4.49. The zero-order valence-corrected chi connectivity index (χ0v) is 17.8. The van der Waals surface area contributed by atoms with E-state index in [1.54, 1.807) is 36.4 Å². The van der Waals surface area contributed by atoms with Crippen molar-refractivity contribution in [1.82, 2.24) is 10.2 Å². The van der Waals surface area contributed by atoms with E-state index < -0.39 is 0 Å². The first-order valence-electron chi connectivity index (χ1n) is 10.3. The van der Waals surface area contributed by atoms with Crippen LogP contribution in [0.3, 0.4) is 0 Å². The smallest absolute Gasteiger partial charge is 0.253 e. The summed E-state index contributed by atoms with van der Waals surface area (Å²) in [5.74, 6) is -0.709. The van der Waals surface area contributed by atoms with E-state index in [4.69, 9.17) is 11.6 Å². The van der Waals surface area contributed by atoms with Crippen molar-refractivity contribution < 1.29 is 14.0 Å². The quantitative estimate of drug-likeness (QED) is 0.680. The third-order valence-electron chi connectivity index (χ3n) is 5.33. The number of likely N-dealkylation sites (tertiary alicyclic amines) is 1. The number of benzene rings is 2. The standard InChI is InChI=1S/C23H27ClFN3O2/c1-2-11-26-23(30)19-5-3-4-6-21(19)27-22(29)16-9-12-28(13-10-16)15-17-7-8-18(24)14-20(17)25/h3-8,14,16H,2,9-13,15H2,1H3,(H,26,30)(H,27,29). The highest BCUT2D eigenvalue weighted by Crippen LogP contribution is 2.24. The monoisotopic (exact) mass is 431 g/mol. The van der Waals surface area contributed by atoms with Crippen molar-refractivity contribution in [3.63, 3.8) is 0 Å². The van der Waals surface area contributed by atoms with Gasteiger partial charge >= 0.3 is 0 Å². The number of piperidine rings is 1. The van der Waals surface area contributed by atoms with Crippen LogP contribution in [0.4, 0.5) is 10.1 Å². The zero-order chi connectivity index (χ0) is 21.5. The van der Waals surface area contributed by atoms with E-state index in [1.165, 1.54) is 6.07 Å². The molecule has 2 aromatic carbocycles. The minimum atomic E-state index is -0.305. The summed E-state index contributed by atoms with van der Waals surface area (Å²) in [6.07, 6.45) is 2.22. The Bertz CT molecular complexity index is 898. The molecule has 1 aliphatic rings. The van der Waals surface area contributed by atoms with Gasteiger partial charge in [-0.25, -0.2) is 4.39 Å². The highest BCUT2D eigenvalue weighted by Gasteiger charge is 2.26. The molecule has 30 heavy (non-hydrogen) atoms. The number of halogens is 2. The third-order valence-corrected chi connectivity index (χ3v) is 5.57. The van der Waals surface area contributed by atoms with Crippen LogP contribution in [-0.4, -0.2) is 36.3 Å². The minimum Gasteiger partial charge on any atom is -0.352 e. The fourth-order valence-electron chi connectivity index (χ4n) is 3.60. The first kappa shape index (κ1) is 22.2. The second-order valence-electron chi connectivity index (χ2n) is 7.58. The van der Waals surface area contributed by atoms with Crippen LogP contribution in [0.25, 0.3) is 0 Å². The summed E-state index contributed by atoms with van der Waals surface area (Å²) in [4.78, 5) is 27.3. The van der Waals surface area contributed by atoms with Gasteiger partial charge in [-0.3, -0.25) is 14.5 Å². The van der Waals surface area contributed by atoms with Gasteiger partial charge in [-0.1, -0.05) is 36.7 Å². The molecule has 0 unspecified atom stereocenters. The molecule has 3 rings (SSSR count). The van der Waals surface area contributed by atoms with E-state index in [0.717, 1.165) is 6.42 Å². The van der Waals surface area contributed by atoms with Gasteiger partial charge in [0.05, 0.1) is 11.3 Å². The average Bonchev–Trinajstić information content (AvgIpc) is 2.75. The van der Waals surface area contributed by atoms with Gasteiger partial charge in [0.15, 0.2) is 0 Å². The number of hydrogen-bond donors (Lipinski definition) is 2. The lowest BCUT2D eigenvalue weighted by molar-refractivity contribution is -0.121. The van der Waals surface area contributed by atoms with Crippen LogP contribution >= 0.6 is 11.6 Å². The number of rotatable bonds is 7. The molecule has 2 N–H and O–H groups in total. The maximum Gasteiger partial charge on any atom is 0.253 e. The molecule has 1 fully saturated rings. The third kappa shape index (κ3) is 5.80. The summed E-state index contributed by atoms with van der Waals surface area (Å²) < 4.78 is 14.0. The SMILES string of the molecule is CCCNC(=O)c1ccccc1NC(=O)C1CCN(Cc2ccc(Cl)cc2F)CC1. The van der Waals surface area contributed by atoms with Crippen LogP contribution in [0.2, 0.25) is 5.02 Å². The minimum absolute atomic E-state index is 0.0805. The van der Waals surface area contributed by atoms with Crippen LogP contribution < -0.4 is 10.6 Å². The van der Waals surface area contributed by atoms with E-state index in [2.05, 4.69) is 15.5 Å². The van der Waals surface area contributed by atoms with Gasteiger partial charge in [0.1, 0.15) is 5.82 Å². The lowest BCUT2D eigenvalue weighted by Crippen LogP contribution is -2.38. The Morgan fingerprint density at radius 3 is 2.60 bits per heavy atom. The van der Waals surface area contributed by atoms with Gasteiger partial charge in [0.25, 0.3) is 5.91 Å². The number of para-hydroxylation sites is 1. The Morgan fingerprint density at radius 1 is 1.17 bits per heavy atom. The van der Waals surface area contributed by atoms with Crippen molar-refractivity contribution in [2.45, 2.75) is 32.7 Å². The molecule has 0 saturated carbocycles. The van der Waals surface area contributed by atoms with Crippen molar-refractivity contribution >= 4 is 29.1 Å². The van der Waals surface area contributed by atoms with Gasteiger partial charge in [-0.2, -0.15) is 0 Å². The summed E-state index contributed by atoms with van der Waals surface area (Å²) in [5.41, 5.74) is 1.60. The van der Waals surface area contributed by atoms with Crippen LogP contribution in [-0.2, 0) is 11.3 Å². The lowest BCUT2D eigenvalue weighted by Gasteiger charge is -2.31. The Balaban J connectivity index is 1.55. The number of carbonyl (C=O) groups is 2. The second-order valence-corrected chi connectivity index (χ2v) is 8.01. The van der Waals surface area contributed by atoms with E-state index in [0.29, 0.717) is 60.9 Å². The molecule has 0 atom stereocenters. The van der Waals surface area contributed by atoms with E-state index in [9.17, 15) is 14.0 Å². The molecule has 0 bridgehead atoms.